The smallest absolute Gasteiger partial charge is 0.196 e. The molecule has 0 saturated carbocycles. The molecule has 136 valence electrons. The first kappa shape index (κ1) is 17.4. The van der Waals surface area contributed by atoms with E-state index < -0.39 is 5.92 Å². The highest BCUT2D eigenvalue weighted by atomic mass is 32.2. The lowest BCUT2D eigenvalue weighted by atomic mass is 10.1. The van der Waals surface area contributed by atoms with Gasteiger partial charge in [-0.25, -0.2) is 0 Å². The summed E-state index contributed by atoms with van der Waals surface area (Å²) in [6.45, 7) is 4.95. The zero-order valence-corrected chi connectivity index (χ0v) is 15.9. The minimum atomic E-state index is -0.627. The second kappa shape index (κ2) is 7.34. The molecule has 7 nitrogen and oxygen atoms in total. The molecule has 1 unspecified atom stereocenters. The molecule has 2 aromatic rings. The molecule has 2 fully saturated rings. The van der Waals surface area contributed by atoms with Crippen LogP contribution in [0.3, 0.4) is 0 Å². The van der Waals surface area contributed by atoms with Gasteiger partial charge in [0.1, 0.15) is 21.7 Å². The number of Topliss-reactive ketones (excluding diaryl/α,β-unsaturated/α-hetero) is 1. The summed E-state index contributed by atoms with van der Waals surface area (Å²) >= 11 is 2.58. The number of carbonyl (C=O) groups excluding carboxylic acids is 1. The van der Waals surface area contributed by atoms with E-state index in [0.717, 1.165) is 30.4 Å². The van der Waals surface area contributed by atoms with Crippen LogP contribution in [-0.2, 0) is 16.0 Å². The Morgan fingerprint density at radius 2 is 2.15 bits per heavy atom. The van der Waals surface area contributed by atoms with Gasteiger partial charge in [-0.3, -0.25) is 10.2 Å². The molecular formula is C17H18N4O3S2. The number of ketones is 1. The lowest BCUT2D eigenvalue weighted by Gasteiger charge is -2.26. The number of ether oxygens (including phenoxy) is 1. The number of hydrogen-bond donors (Lipinski definition) is 1. The predicted octanol–water partition coefficient (Wildman–Crippen LogP) is 2.95. The standard InChI is InChI=1S/C17H18N4O3S2/c1-2-12-19-20-17(26-12)14-15(22)11(25-16(14)18)9-10-3-4-13(24-10)21-5-7-23-8-6-21/h3-4,9,14,18H,2,5-8H2,1H3. The number of morpholine rings is 1. The Kier molecular flexibility index (Phi) is 4.92. The van der Waals surface area contributed by atoms with E-state index in [-0.39, 0.29) is 5.78 Å². The van der Waals surface area contributed by atoms with Gasteiger partial charge in [-0.15, -0.1) is 21.5 Å². The van der Waals surface area contributed by atoms with Gasteiger partial charge in [-0.05, 0) is 18.6 Å². The van der Waals surface area contributed by atoms with Gasteiger partial charge < -0.3 is 14.1 Å². The summed E-state index contributed by atoms with van der Waals surface area (Å²) in [5.74, 6) is 0.655. The molecule has 9 heteroatoms. The summed E-state index contributed by atoms with van der Waals surface area (Å²) in [6, 6.07) is 3.76. The maximum absolute atomic E-state index is 12.8. The molecule has 0 radical (unpaired) electrons. The Hall–Kier alpha value is -1.97. The number of furan rings is 1. The molecule has 0 spiro atoms. The first-order valence-corrected chi connectivity index (χ1v) is 10.1. The second-order valence-corrected chi connectivity index (χ2v) is 8.11. The molecule has 0 bridgehead atoms. The van der Waals surface area contributed by atoms with E-state index in [4.69, 9.17) is 14.6 Å². The topological polar surface area (TPSA) is 92.3 Å². The normalized spacial score (nSPS) is 22.6. The highest BCUT2D eigenvalue weighted by molar-refractivity contribution is 8.19. The summed E-state index contributed by atoms with van der Waals surface area (Å²) in [5.41, 5.74) is 0. The fourth-order valence-electron chi connectivity index (χ4n) is 2.84. The number of thioether (sulfide) groups is 1. The molecule has 0 aliphatic carbocycles. The molecule has 1 atom stereocenters. The Bertz CT molecular complexity index is 867. The molecule has 4 rings (SSSR count). The maximum atomic E-state index is 12.8. The Morgan fingerprint density at radius 3 is 2.88 bits per heavy atom. The van der Waals surface area contributed by atoms with Crippen molar-refractivity contribution in [2.24, 2.45) is 0 Å². The summed E-state index contributed by atoms with van der Waals surface area (Å²) in [7, 11) is 0. The fraction of sp³-hybridized carbons (Fsp3) is 0.412. The van der Waals surface area contributed by atoms with Crippen LogP contribution >= 0.6 is 23.1 Å². The van der Waals surface area contributed by atoms with E-state index in [2.05, 4.69) is 15.1 Å². The van der Waals surface area contributed by atoms with Crippen molar-refractivity contribution in [3.63, 3.8) is 0 Å². The number of nitrogens with zero attached hydrogens (tertiary/aromatic N) is 3. The number of aryl methyl sites for hydroxylation is 1. The van der Waals surface area contributed by atoms with Gasteiger partial charge in [-0.2, -0.15) is 0 Å². The van der Waals surface area contributed by atoms with Crippen molar-refractivity contribution in [1.82, 2.24) is 10.2 Å². The number of rotatable bonds is 4. The Morgan fingerprint density at radius 1 is 1.35 bits per heavy atom. The van der Waals surface area contributed by atoms with Crippen LogP contribution in [0, 0.1) is 5.41 Å². The molecule has 2 aliphatic heterocycles. The van der Waals surface area contributed by atoms with Crippen molar-refractivity contribution in [2.75, 3.05) is 31.2 Å². The number of anilines is 1. The Labute approximate surface area is 158 Å². The largest absolute Gasteiger partial charge is 0.441 e. The van der Waals surface area contributed by atoms with Crippen molar-refractivity contribution in [3.05, 3.63) is 32.8 Å². The zero-order chi connectivity index (χ0) is 18.1. The van der Waals surface area contributed by atoms with E-state index in [0.29, 0.717) is 33.9 Å². The summed E-state index contributed by atoms with van der Waals surface area (Å²) in [6.07, 6.45) is 2.49. The van der Waals surface area contributed by atoms with Gasteiger partial charge in [0, 0.05) is 19.2 Å². The molecule has 4 heterocycles. The third-order valence-electron chi connectivity index (χ3n) is 4.23. The zero-order valence-electron chi connectivity index (χ0n) is 14.2. The fourth-order valence-corrected chi connectivity index (χ4v) is 4.78. The molecule has 2 saturated heterocycles. The number of nitrogens with one attached hydrogen (secondary N) is 1. The van der Waals surface area contributed by atoms with Crippen LogP contribution in [-0.4, -0.2) is 47.3 Å². The van der Waals surface area contributed by atoms with Gasteiger partial charge in [0.2, 0.25) is 0 Å². The SMILES string of the molecule is CCc1nnc(C2C(=N)SC(=Cc3ccc(N4CCOCC4)o3)C2=O)s1. The van der Waals surface area contributed by atoms with Crippen LogP contribution < -0.4 is 4.90 Å². The van der Waals surface area contributed by atoms with Crippen molar-refractivity contribution in [1.29, 1.82) is 5.41 Å². The molecule has 26 heavy (non-hydrogen) atoms. The van der Waals surface area contributed by atoms with Crippen molar-refractivity contribution in [3.8, 4) is 0 Å². The van der Waals surface area contributed by atoms with Crippen molar-refractivity contribution in [2.45, 2.75) is 19.3 Å². The number of hydrogen-bond acceptors (Lipinski definition) is 9. The van der Waals surface area contributed by atoms with E-state index >= 15 is 0 Å². The number of allylic oxidation sites excluding steroid dienone is 1. The first-order chi connectivity index (χ1) is 12.7. The molecule has 0 aromatic carbocycles. The van der Waals surface area contributed by atoms with Gasteiger partial charge in [0.25, 0.3) is 0 Å². The van der Waals surface area contributed by atoms with Crippen molar-refractivity contribution < 1.29 is 13.9 Å². The van der Waals surface area contributed by atoms with Gasteiger partial charge >= 0.3 is 0 Å². The average Bonchev–Trinajstić information content (AvgIpc) is 3.36. The van der Waals surface area contributed by atoms with Gasteiger partial charge in [-0.1, -0.05) is 18.7 Å². The van der Waals surface area contributed by atoms with E-state index in [1.54, 1.807) is 6.08 Å². The number of carbonyl (C=O) groups is 1. The van der Waals surface area contributed by atoms with Gasteiger partial charge in [0.05, 0.1) is 23.2 Å². The third-order valence-corrected chi connectivity index (χ3v) is 6.35. The second-order valence-electron chi connectivity index (χ2n) is 5.94. The van der Waals surface area contributed by atoms with E-state index in [9.17, 15) is 4.79 Å². The summed E-state index contributed by atoms with van der Waals surface area (Å²) in [5, 5.41) is 18.1. The minimum absolute atomic E-state index is 0.108. The quantitative estimate of drug-likeness (QED) is 0.802. The summed E-state index contributed by atoms with van der Waals surface area (Å²) in [4.78, 5) is 15.4. The van der Waals surface area contributed by atoms with Crippen LogP contribution in [0.1, 0.15) is 28.6 Å². The molecule has 0 amide bonds. The molecule has 2 aromatic heterocycles. The Balaban J connectivity index is 1.53. The predicted molar refractivity (Wildman–Crippen MR) is 102 cm³/mol. The maximum Gasteiger partial charge on any atom is 0.196 e. The van der Waals surface area contributed by atoms with Crippen LogP contribution in [0.25, 0.3) is 6.08 Å². The molecule has 1 N–H and O–H groups in total. The lowest BCUT2D eigenvalue weighted by Crippen LogP contribution is -2.35. The highest BCUT2D eigenvalue weighted by Gasteiger charge is 2.39. The monoisotopic (exact) mass is 390 g/mol. The van der Waals surface area contributed by atoms with E-state index in [1.807, 2.05) is 19.1 Å². The van der Waals surface area contributed by atoms with Crippen LogP contribution in [0.15, 0.2) is 21.5 Å². The lowest BCUT2D eigenvalue weighted by molar-refractivity contribution is -0.114. The van der Waals surface area contributed by atoms with Crippen LogP contribution in [0.5, 0.6) is 0 Å². The number of aromatic nitrogens is 2. The van der Waals surface area contributed by atoms with Gasteiger partial charge in [0.15, 0.2) is 11.7 Å². The summed E-state index contributed by atoms with van der Waals surface area (Å²) < 4.78 is 11.2. The van der Waals surface area contributed by atoms with Crippen molar-refractivity contribution >= 4 is 45.9 Å². The third kappa shape index (κ3) is 3.34. The average molecular weight is 390 g/mol. The van der Waals surface area contributed by atoms with Crippen LogP contribution in [0.2, 0.25) is 0 Å². The molecule has 2 aliphatic rings. The van der Waals surface area contributed by atoms with Crippen LogP contribution in [0.4, 0.5) is 5.88 Å². The minimum Gasteiger partial charge on any atom is -0.441 e. The highest BCUT2D eigenvalue weighted by Crippen LogP contribution is 2.41. The van der Waals surface area contributed by atoms with E-state index in [1.165, 1.54) is 23.1 Å². The first-order valence-electron chi connectivity index (χ1n) is 8.42. The molecular weight excluding hydrogens is 372 g/mol.